The SMILES string of the molecule is O=C(O)c1ccc(-c2noc(CN[C@@H]3C[C@H]4CC[C@@H]3C4)n2)cc1. The smallest absolute Gasteiger partial charge is 0.335 e. The normalized spacial score (nSPS) is 25.8. The lowest BCUT2D eigenvalue weighted by atomic mass is 9.95. The van der Waals surface area contributed by atoms with Crippen molar-refractivity contribution in [3.8, 4) is 11.4 Å². The molecular weight excluding hydrogens is 294 g/mol. The lowest BCUT2D eigenvalue weighted by Crippen LogP contribution is -2.33. The number of carboxylic acid groups (broad SMARTS) is 1. The summed E-state index contributed by atoms with van der Waals surface area (Å²) in [5, 5.41) is 16.4. The number of aromatic nitrogens is 2. The number of carboxylic acids is 1. The van der Waals surface area contributed by atoms with Crippen LogP contribution in [0.5, 0.6) is 0 Å². The summed E-state index contributed by atoms with van der Waals surface area (Å²) >= 11 is 0. The van der Waals surface area contributed by atoms with Gasteiger partial charge in [0.15, 0.2) is 0 Å². The number of nitrogens with one attached hydrogen (secondary N) is 1. The molecule has 0 aliphatic heterocycles. The van der Waals surface area contributed by atoms with Crippen molar-refractivity contribution >= 4 is 5.97 Å². The minimum absolute atomic E-state index is 0.246. The zero-order valence-electron chi connectivity index (χ0n) is 12.7. The van der Waals surface area contributed by atoms with Gasteiger partial charge in [-0.2, -0.15) is 4.98 Å². The summed E-state index contributed by atoms with van der Waals surface area (Å²) in [6.45, 7) is 0.591. The predicted molar refractivity (Wildman–Crippen MR) is 82.8 cm³/mol. The maximum absolute atomic E-state index is 10.9. The topological polar surface area (TPSA) is 88.2 Å². The molecule has 2 N–H and O–H groups in total. The Hall–Kier alpha value is -2.21. The number of fused-ring (bicyclic) bond motifs is 2. The Labute approximate surface area is 133 Å². The van der Waals surface area contributed by atoms with Crippen molar-refractivity contribution in [3.05, 3.63) is 35.7 Å². The molecule has 2 aromatic rings. The highest BCUT2D eigenvalue weighted by molar-refractivity contribution is 5.88. The molecule has 6 nitrogen and oxygen atoms in total. The van der Waals surface area contributed by atoms with Crippen LogP contribution in [-0.2, 0) is 6.54 Å². The fourth-order valence-corrected chi connectivity index (χ4v) is 3.92. The molecule has 23 heavy (non-hydrogen) atoms. The molecule has 2 saturated carbocycles. The van der Waals surface area contributed by atoms with E-state index in [0.29, 0.717) is 24.3 Å². The highest BCUT2D eigenvalue weighted by atomic mass is 16.5. The predicted octanol–water partition coefficient (Wildman–Crippen LogP) is 2.71. The molecule has 0 unspecified atom stereocenters. The van der Waals surface area contributed by atoms with Crippen molar-refractivity contribution in [2.75, 3.05) is 0 Å². The number of nitrogens with zero attached hydrogens (tertiary/aromatic N) is 2. The van der Waals surface area contributed by atoms with Crippen LogP contribution in [0, 0.1) is 11.8 Å². The van der Waals surface area contributed by atoms with E-state index < -0.39 is 5.97 Å². The van der Waals surface area contributed by atoms with Gasteiger partial charge in [0.2, 0.25) is 11.7 Å². The molecule has 3 atom stereocenters. The van der Waals surface area contributed by atoms with Gasteiger partial charge >= 0.3 is 5.97 Å². The van der Waals surface area contributed by atoms with Gasteiger partial charge in [0.1, 0.15) is 0 Å². The van der Waals surface area contributed by atoms with E-state index in [-0.39, 0.29) is 5.56 Å². The van der Waals surface area contributed by atoms with E-state index in [1.54, 1.807) is 24.3 Å². The van der Waals surface area contributed by atoms with Crippen molar-refractivity contribution in [3.63, 3.8) is 0 Å². The van der Waals surface area contributed by atoms with Crippen LogP contribution in [0.3, 0.4) is 0 Å². The number of carbonyl (C=O) groups is 1. The summed E-state index contributed by atoms with van der Waals surface area (Å²) in [7, 11) is 0. The molecule has 1 heterocycles. The summed E-state index contributed by atoms with van der Waals surface area (Å²) in [6.07, 6.45) is 5.36. The van der Waals surface area contributed by atoms with Crippen LogP contribution in [0.15, 0.2) is 28.8 Å². The number of benzene rings is 1. The minimum atomic E-state index is -0.944. The third-order valence-corrected chi connectivity index (χ3v) is 5.11. The Kier molecular flexibility index (Phi) is 3.61. The van der Waals surface area contributed by atoms with Gasteiger partial charge in [-0.15, -0.1) is 0 Å². The first-order chi connectivity index (χ1) is 11.2. The molecule has 1 aromatic carbocycles. The zero-order valence-corrected chi connectivity index (χ0v) is 12.7. The highest BCUT2D eigenvalue weighted by Gasteiger charge is 2.39. The third kappa shape index (κ3) is 2.86. The van der Waals surface area contributed by atoms with Gasteiger partial charge in [0, 0.05) is 11.6 Å². The Morgan fingerprint density at radius 3 is 2.74 bits per heavy atom. The molecular formula is C17H19N3O3. The van der Waals surface area contributed by atoms with Gasteiger partial charge < -0.3 is 14.9 Å². The van der Waals surface area contributed by atoms with E-state index >= 15 is 0 Å². The lowest BCUT2D eigenvalue weighted by molar-refractivity contribution is 0.0697. The molecule has 120 valence electrons. The van der Waals surface area contributed by atoms with Crippen molar-refractivity contribution in [2.24, 2.45) is 11.8 Å². The van der Waals surface area contributed by atoms with Gasteiger partial charge in [-0.3, -0.25) is 0 Å². The van der Waals surface area contributed by atoms with Gasteiger partial charge in [-0.05, 0) is 43.2 Å². The van der Waals surface area contributed by atoms with Gasteiger partial charge in [-0.1, -0.05) is 23.7 Å². The van der Waals surface area contributed by atoms with Crippen molar-refractivity contribution < 1.29 is 14.4 Å². The monoisotopic (exact) mass is 313 g/mol. The Morgan fingerprint density at radius 2 is 2.09 bits per heavy atom. The molecule has 2 aliphatic rings. The van der Waals surface area contributed by atoms with Gasteiger partial charge in [0.25, 0.3) is 0 Å². The van der Waals surface area contributed by atoms with E-state index in [9.17, 15) is 4.79 Å². The molecule has 2 bridgehead atoms. The summed E-state index contributed by atoms with van der Waals surface area (Å²) in [4.78, 5) is 15.3. The Bertz CT molecular complexity index is 710. The Balaban J connectivity index is 1.39. The molecule has 2 fully saturated rings. The van der Waals surface area contributed by atoms with Crippen molar-refractivity contribution in [1.82, 2.24) is 15.5 Å². The average Bonchev–Trinajstić information content (AvgIpc) is 3.29. The molecule has 2 aliphatic carbocycles. The first-order valence-electron chi connectivity index (χ1n) is 8.09. The van der Waals surface area contributed by atoms with E-state index in [1.165, 1.54) is 25.7 Å². The fourth-order valence-electron chi connectivity index (χ4n) is 3.92. The molecule has 1 aromatic heterocycles. The largest absolute Gasteiger partial charge is 0.478 e. The maximum Gasteiger partial charge on any atom is 0.335 e. The van der Waals surface area contributed by atoms with Crippen molar-refractivity contribution in [1.29, 1.82) is 0 Å². The first-order valence-corrected chi connectivity index (χ1v) is 8.09. The molecule has 0 radical (unpaired) electrons. The van der Waals surface area contributed by atoms with Crippen LogP contribution in [0.25, 0.3) is 11.4 Å². The van der Waals surface area contributed by atoms with E-state index in [2.05, 4.69) is 15.5 Å². The average molecular weight is 313 g/mol. The number of hydrogen-bond acceptors (Lipinski definition) is 5. The van der Waals surface area contributed by atoms with Crippen LogP contribution < -0.4 is 5.32 Å². The third-order valence-electron chi connectivity index (χ3n) is 5.11. The van der Waals surface area contributed by atoms with Crippen LogP contribution in [0.4, 0.5) is 0 Å². The summed E-state index contributed by atoms with van der Waals surface area (Å²) in [5.74, 6) is 1.84. The minimum Gasteiger partial charge on any atom is -0.478 e. The summed E-state index contributed by atoms with van der Waals surface area (Å²) in [5.41, 5.74) is 1.00. The second-order valence-electron chi connectivity index (χ2n) is 6.56. The van der Waals surface area contributed by atoms with Gasteiger partial charge in [-0.25, -0.2) is 4.79 Å². The van der Waals surface area contributed by atoms with Crippen LogP contribution in [0.2, 0.25) is 0 Å². The second kappa shape index (κ2) is 5.77. The number of hydrogen-bond donors (Lipinski definition) is 2. The molecule has 6 heteroatoms. The quantitative estimate of drug-likeness (QED) is 0.882. The number of rotatable bonds is 5. The molecule has 4 rings (SSSR count). The standard InChI is InChI=1S/C17H19N3O3/c21-17(22)12-5-3-11(4-6-12)16-19-15(23-20-16)9-18-14-8-10-1-2-13(14)7-10/h3-6,10,13-14,18H,1-2,7-9H2,(H,21,22)/t10-,13+,14+/m0/s1. The van der Waals surface area contributed by atoms with E-state index in [0.717, 1.165) is 17.4 Å². The first kappa shape index (κ1) is 14.4. The van der Waals surface area contributed by atoms with Crippen LogP contribution >= 0.6 is 0 Å². The summed E-state index contributed by atoms with van der Waals surface area (Å²) < 4.78 is 5.30. The summed E-state index contributed by atoms with van der Waals surface area (Å²) in [6, 6.07) is 7.06. The number of aromatic carboxylic acids is 1. The Morgan fingerprint density at radius 1 is 1.26 bits per heavy atom. The lowest BCUT2D eigenvalue weighted by Gasteiger charge is -2.21. The van der Waals surface area contributed by atoms with Crippen LogP contribution in [0.1, 0.15) is 41.9 Å². The van der Waals surface area contributed by atoms with E-state index in [4.69, 9.17) is 9.63 Å². The highest BCUT2D eigenvalue weighted by Crippen LogP contribution is 2.44. The fraction of sp³-hybridized carbons (Fsp3) is 0.471. The maximum atomic E-state index is 10.9. The van der Waals surface area contributed by atoms with Gasteiger partial charge in [0.05, 0.1) is 12.1 Å². The molecule has 0 spiro atoms. The van der Waals surface area contributed by atoms with E-state index in [1.807, 2.05) is 0 Å². The van der Waals surface area contributed by atoms with Crippen molar-refractivity contribution in [2.45, 2.75) is 38.3 Å². The second-order valence-corrected chi connectivity index (χ2v) is 6.56. The molecule has 0 amide bonds. The van der Waals surface area contributed by atoms with Crippen LogP contribution in [-0.4, -0.2) is 27.3 Å². The zero-order chi connectivity index (χ0) is 15.8. The molecule has 0 saturated heterocycles.